The van der Waals surface area contributed by atoms with Gasteiger partial charge in [-0.3, -0.25) is 0 Å². The van der Waals surface area contributed by atoms with Crippen molar-refractivity contribution >= 4 is 0 Å². The van der Waals surface area contributed by atoms with E-state index in [1.165, 1.54) is 0 Å². The van der Waals surface area contributed by atoms with Crippen LogP contribution in [0.1, 0.15) is 17.5 Å². The number of rotatable bonds is 2. The SMILES string of the molecule is Cc1cc(C#CCO)ccc1OC1CCOC1. The number of aliphatic hydroxyl groups is 1. The third kappa shape index (κ3) is 3.23. The molecule has 0 aromatic heterocycles. The van der Waals surface area contributed by atoms with Crippen molar-refractivity contribution in [3.05, 3.63) is 29.3 Å². The highest BCUT2D eigenvalue weighted by atomic mass is 16.5. The molecule has 90 valence electrons. The van der Waals surface area contributed by atoms with Gasteiger partial charge in [-0.25, -0.2) is 0 Å². The van der Waals surface area contributed by atoms with E-state index >= 15 is 0 Å². The third-order valence-electron chi connectivity index (χ3n) is 2.67. The minimum Gasteiger partial charge on any atom is -0.488 e. The Hall–Kier alpha value is -1.50. The summed E-state index contributed by atoms with van der Waals surface area (Å²) in [4.78, 5) is 0. The van der Waals surface area contributed by atoms with Gasteiger partial charge in [-0.15, -0.1) is 0 Å². The fourth-order valence-electron chi connectivity index (χ4n) is 1.79. The Balaban J connectivity index is 2.08. The molecule has 3 heteroatoms. The van der Waals surface area contributed by atoms with Gasteiger partial charge in [0.1, 0.15) is 18.5 Å². The van der Waals surface area contributed by atoms with Crippen molar-refractivity contribution in [2.24, 2.45) is 0 Å². The van der Waals surface area contributed by atoms with Crippen molar-refractivity contribution in [3.8, 4) is 17.6 Å². The molecule has 1 aromatic rings. The van der Waals surface area contributed by atoms with Gasteiger partial charge in [0.2, 0.25) is 0 Å². The number of ether oxygens (including phenoxy) is 2. The molecular weight excluding hydrogens is 216 g/mol. The largest absolute Gasteiger partial charge is 0.488 e. The summed E-state index contributed by atoms with van der Waals surface area (Å²) in [7, 11) is 0. The second kappa shape index (κ2) is 5.72. The third-order valence-corrected chi connectivity index (χ3v) is 2.67. The van der Waals surface area contributed by atoms with E-state index in [1.807, 2.05) is 25.1 Å². The van der Waals surface area contributed by atoms with Gasteiger partial charge in [0, 0.05) is 12.0 Å². The van der Waals surface area contributed by atoms with E-state index in [0.717, 1.165) is 29.9 Å². The number of aliphatic hydroxyl groups excluding tert-OH is 1. The average molecular weight is 232 g/mol. The molecule has 1 fully saturated rings. The molecule has 2 rings (SSSR count). The maximum absolute atomic E-state index is 8.63. The van der Waals surface area contributed by atoms with E-state index in [4.69, 9.17) is 14.6 Å². The monoisotopic (exact) mass is 232 g/mol. The molecule has 0 saturated carbocycles. The predicted molar refractivity (Wildman–Crippen MR) is 65.0 cm³/mol. The lowest BCUT2D eigenvalue weighted by atomic mass is 10.1. The van der Waals surface area contributed by atoms with Crippen LogP contribution in [0.5, 0.6) is 5.75 Å². The highest BCUT2D eigenvalue weighted by Gasteiger charge is 2.17. The Labute approximate surface area is 101 Å². The Bertz CT molecular complexity index is 437. The van der Waals surface area contributed by atoms with E-state index in [0.29, 0.717) is 6.61 Å². The summed E-state index contributed by atoms with van der Waals surface area (Å²) in [6, 6.07) is 5.80. The Morgan fingerprint density at radius 2 is 2.41 bits per heavy atom. The predicted octanol–water partition coefficient (Wildman–Crippen LogP) is 1.51. The van der Waals surface area contributed by atoms with E-state index < -0.39 is 0 Å². The van der Waals surface area contributed by atoms with Crippen LogP contribution >= 0.6 is 0 Å². The zero-order chi connectivity index (χ0) is 12.1. The lowest BCUT2D eigenvalue weighted by molar-refractivity contribution is 0.141. The van der Waals surface area contributed by atoms with Gasteiger partial charge in [0.25, 0.3) is 0 Å². The normalized spacial score (nSPS) is 18.6. The summed E-state index contributed by atoms with van der Waals surface area (Å²) in [5, 5.41) is 8.63. The van der Waals surface area contributed by atoms with Gasteiger partial charge >= 0.3 is 0 Å². The average Bonchev–Trinajstić information content (AvgIpc) is 2.82. The van der Waals surface area contributed by atoms with Crippen LogP contribution in [0.4, 0.5) is 0 Å². The first kappa shape index (κ1) is 12.0. The lowest BCUT2D eigenvalue weighted by Crippen LogP contribution is -2.16. The van der Waals surface area contributed by atoms with Crippen molar-refractivity contribution in [2.75, 3.05) is 19.8 Å². The summed E-state index contributed by atoms with van der Waals surface area (Å²) in [5.74, 6) is 6.39. The van der Waals surface area contributed by atoms with Crippen LogP contribution in [0.2, 0.25) is 0 Å². The number of aryl methyl sites for hydroxylation is 1. The van der Waals surface area contributed by atoms with E-state index in [9.17, 15) is 0 Å². The standard InChI is InChI=1S/C14H16O3/c1-11-9-12(3-2-7-15)4-5-14(11)17-13-6-8-16-10-13/h4-5,9,13,15H,6-8,10H2,1H3. The fourth-order valence-corrected chi connectivity index (χ4v) is 1.79. The lowest BCUT2D eigenvalue weighted by Gasteiger charge is -2.14. The first-order valence-electron chi connectivity index (χ1n) is 5.74. The molecule has 1 heterocycles. The minimum absolute atomic E-state index is 0.114. The molecule has 0 aliphatic carbocycles. The van der Waals surface area contributed by atoms with Crippen molar-refractivity contribution in [1.29, 1.82) is 0 Å². The van der Waals surface area contributed by atoms with Crippen LogP contribution < -0.4 is 4.74 Å². The highest BCUT2D eigenvalue weighted by molar-refractivity contribution is 5.43. The van der Waals surface area contributed by atoms with Gasteiger partial charge in [0.15, 0.2) is 0 Å². The molecule has 17 heavy (non-hydrogen) atoms. The second-order valence-corrected chi connectivity index (χ2v) is 4.04. The quantitative estimate of drug-likeness (QED) is 0.785. The topological polar surface area (TPSA) is 38.7 Å². The van der Waals surface area contributed by atoms with E-state index in [2.05, 4.69) is 11.8 Å². The minimum atomic E-state index is -0.114. The van der Waals surface area contributed by atoms with Crippen LogP contribution in [-0.4, -0.2) is 31.0 Å². The summed E-state index contributed by atoms with van der Waals surface area (Å²) >= 11 is 0. The molecule has 1 N–H and O–H groups in total. The van der Waals surface area contributed by atoms with Crippen molar-refractivity contribution in [2.45, 2.75) is 19.4 Å². The zero-order valence-corrected chi connectivity index (χ0v) is 9.90. The molecule has 1 atom stereocenters. The molecule has 0 bridgehead atoms. The molecule has 1 aliphatic rings. The van der Waals surface area contributed by atoms with Crippen molar-refractivity contribution in [1.82, 2.24) is 0 Å². The molecule has 1 unspecified atom stereocenters. The van der Waals surface area contributed by atoms with Crippen molar-refractivity contribution < 1.29 is 14.6 Å². The van der Waals surface area contributed by atoms with E-state index in [-0.39, 0.29) is 12.7 Å². The Morgan fingerprint density at radius 3 is 3.06 bits per heavy atom. The summed E-state index contributed by atoms with van der Waals surface area (Å²) < 4.78 is 11.1. The fraction of sp³-hybridized carbons (Fsp3) is 0.429. The van der Waals surface area contributed by atoms with Gasteiger partial charge < -0.3 is 14.6 Å². The molecule has 1 aliphatic heterocycles. The molecule has 0 spiro atoms. The zero-order valence-electron chi connectivity index (χ0n) is 9.90. The van der Waals surface area contributed by atoms with Crippen LogP contribution in [0.3, 0.4) is 0 Å². The molecule has 1 aromatic carbocycles. The van der Waals surface area contributed by atoms with Gasteiger partial charge in [-0.2, -0.15) is 0 Å². The van der Waals surface area contributed by atoms with E-state index in [1.54, 1.807) is 0 Å². The van der Waals surface area contributed by atoms with Gasteiger partial charge in [0.05, 0.1) is 13.2 Å². The summed E-state index contributed by atoms with van der Waals surface area (Å²) in [6.07, 6.45) is 1.12. The number of hydrogen-bond donors (Lipinski definition) is 1. The maximum Gasteiger partial charge on any atom is 0.124 e. The highest BCUT2D eigenvalue weighted by Crippen LogP contribution is 2.22. The number of hydrogen-bond acceptors (Lipinski definition) is 3. The number of benzene rings is 1. The molecule has 0 amide bonds. The molecule has 0 radical (unpaired) electrons. The second-order valence-electron chi connectivity index (χ2n) is 4.04. The maximum atomic E-state index is 8.63. The molecule has 3 nitrogen and oxygen atoms in total. The Kier molecular flexibility index (Phi) is 4.03. The van der Waals surface area contributed by atoms with Gasteiger partial charge in [-0.1, -0.05) is 11.8 Å². The van der Waals surface area contributed by atoms with Gasteiger partial charge in [-0.05, 0) is 30.7 Å². The summed E-state index contributed by atoms with van der Waals surface area (Å²) in [5.41, 5.74) is 1.95. The van der Waals surface area contributed by atoms with Crippen molar-refractivity contribution in [3.63, 3.8) is 0 Å². The van der Waals surface area contributed by atoms with Crippen LogP contribution in [0, 0.1) is 18.8 Å². The van der Waals surface area contributed by atoms with Crippen LogP contribution in [0.15, 0.2) is 18.2 Å². The Morgan fingerprint density at radius 1 is 1.53 bits per heavy atom. The van der Waals surface area contributed by atoms with Crippen LogP contribution in [0.25, 0.3) is 0 Å². The molecular formula is C14H16O3. The summed E-state index contributed by atoms with van der Waals surface area (Å²) in [6.45, 7) is 3.33. The first-order chi connectivity index (χ1) is 8.29. The molecule has 1 saturated heterocycles. The smallest absolute Gasteiger partial charge is 0.124 e. The first-order valence-corrected chi connectivity index (χ1v) is 5.74. The van der Waals surface area contributed by atoms with Crippen LogP contribution in [-0.2, 0) is 4.74 Å².